The topological polar surface area (TPSA) is 96.3 Å². The summed E-state index contributed by atoms with van der Waals surface area (Å²) in [5.41, 5.74) is -1.35. The highest BCUT2D eigenvalue weighted by Crippen LogP contribution is 2.49. The van der Waals surface area contributed by atoms with E-state index in [1.165, 1.54) is 19.2 Å². The van der Waals surface area contributed by atoms with E-state index in [2.05, 4.69) is 0 Å². The van der Waals surface area contributed by atoms with Gasteiger partial charge in [0.05, 0.1) is 5.41 Å². The Balaban J connectivity index is 2.25. The van der Waals surface area contributed by atoms with Crippen molar-refractivity contribution in [1.82, 2.24) is 4.72 Å². The smallest absolute Gasteiger partial charge is 0.265 e. The van der Waals surface area contributed by atoms with E-state index in [1.807, 2.05) is 4.72 Å². The van der Waals surface area contributed by atoms with Crippen molar-refractivity contribution < 1.29 is 22.3 Å². The summed E-state index contributed by atoms with van der Waals surface area (Å²) >= 11 is 0. The number of methoxy groups -OCH3 is 1. The van der Waals surface area contributed by atoms with Crippen LogP contribution in [0.15, 0.2) is 23.1 Å². The minimum Gasteiger partial charge on any atom is -0.385 e. The van der Waals surface area contributed by atoms with Crippen LogP contribution < -0.4 is 4.72 Å². The minimum absolute atomic E-state index is 0.344. The average Bonchev–Trinajstić information content (AvgIpc) is 3.25. The average molecular weight is 326 g/mol. The molecule has 1 aliphatic rings. The molecule has 1 aliphatic carbocycles. The van der Waals surface area contributed by atoms with Gasteiger partial charge in [0.2, 0.25) is 5.91 Å². The van der Waals surface area contributed by atoms with E-state index in [1.54, 1.807) is 0 Å². The molecule has 0 saturated heterocycles. The van der Waals surface area contributed by atoms with Crippen molar-refractivity contribution in [3.8, 4) is 6.07 Å². The fourth-order valence-electron chi connectivity index (χ4n) is 2.16. The standard InChI is InChI=1S/C14H15FN2O4S/c1-21-8-7-14(5-6-14)13(18)17-22(19,20)12-4-2-3-11(15)10(12)9-16/h2-4H,5-8H2,1H3,(H,17,18). The molecule has 1 amide bonds. The Morgan fingerprint density at radius 3 is 2.73 bits per heavy atom. The van der Waals surface area contributed by atoms with Crippen LogP contribution in [0.4, 0.5) is 4.39 Å². The van der Waals surface area contributed by atoms with Crippen LogP contribution in [-0.2, 0) is 19.6 Å². The molecule has 1 saturated carbocycles. The van der Waals surface area contributed by atoms with Crippen molar-refractivity contribution >= 4 is 15.9 Å². The zero-order valence-corrected chi connectivity index (χ0v) is 12.7. The Morgan fingerprint density at radius 1 is 1.50 bits per heavy atom. The number of nitriles is 1. The number of hydrogen-bond acceptors (Lipinski definition) is 5. The third-order valence-electron chi connectivity index (χ3n) is 3.72. The lowest BCUT2D eigenvalue weighted by Gasteiger charge is -2.15. The van der Waals surface area contributed by atoms with E-state index in [9.17, 15) is 17.6 Å². The second-order valence-electron chi connectivity index (χ2n) is 5.18. The first kappa shape index (κ1) is 16.4. The minimum atomic E-state index is -4.30. The van der Waals surface area contributed by atoms with Gasteiger partial charge in [-0.05, 0) is 31.4 Å². The number of sulfonamides is 1. The number of amides is 1. The molecule has 1 N–H and O–H groups in total. The number of benzene rings is 1. The molecule has 118 valence electrons. The molecule has 1 fully saturated rings. The summed E-state index contributed by atoms with van der Waals surface area (Å²) in [6.45, 7) is 0.344. The lowest BCUT2D eigenvalue weighted by atomic mass is 10.0. The van der Waals surface area contributed by atoms with Crippen LogP contribution in [0.5, 0.6) is 0 Å². The molecule has 0 unspecified atom stereocenters. The monoisotopic (exact) mass is 326 g/mol. The number of rotatable bonds is 6. The van der Waals surface area contributed by atoms with E-state index in [4.69, 9.17) is 10.00 Å². The van der Waals surface area contributed by atoms with Gasteiger partial charge in [0.25, 0.3) is 10.0 Å². The van der Waals surface area contributed by atoms with E-state index in [0.717, 1.165) is 12.1 Å². The number of halogens is 1. The van der Waals surface area contributed by atoms with Gasteiger partial charge in [-0.2, -0.15) is 5.26 Å². The van der Waals surface area contributed by atoms with Crippen molar-refractivity contribution in [3.05, 3.63) is 29.6 Å². The van der Waals surface area contributed by atoms with Gasteiger partial charge in [0.1, 0.15) is 22.3 Å². The molecule has 22 heavy (non-hydrogen) atoms. The number of ether oxygens (including phenoxy) is 1. The molecule has 2 rings (SSSR count). The lowest BCUT2D eigenvalue weighted by molar-refractivity contribution is -0.125. The Morgan fingerprint density at radius 2 is 2.18 bits per heavy atom. The molecular formula is C14H15FN2O4S. The van der Waals surface area contributed by atoms with Crippen LogP contribution in [0.25, 0.3) is 0 Å². The lowest BCUT2D eigenvalue weighted by Crippen LogP contribution is -2.37. The summed E-state index contributed by atoms with van der Waals surface area (Å²) < 4.78 is 44.9. The molecule has 0 spiro atoms. The highest BCUT2D eigenvalue weighted by atomic mass is 32.2. The second-order valence-corrected chi connectivity index (χ2v) is 6.83. The summed E-state index contributed by atoms with van der Waals surface area (Å²) in [6, 6.07) is 4.76. The van der Waals surface area contributed by atoms with Gasteiger partial charge < -0.3 is 4.74 Å². The summed E-state index contributed by atoms with van der Waals surface area (Å²) in [4.78, 5) is 11.6. The van der Waals surface area contributed by atoms with Crippen LogP contribution in [-0.4, -0.2) is 28.0 Å². The number of hydrogen-bond donors (Lipinski definition) is 1. The summed E-state index contributed by atoms with van der Waals surface area (Å²) in [6.07, 6.45) is 1.57. The molecule has 0 bridgehead atoms. The molecule has 0 atom stereocenters. The van der Waals surface area contributed by atoms with Crippen LogP contribution in [0.2, 0.25) is 0 Å². The zero-order valence-electron chi connectivity index (χ0n) is 11.9. The SMILES string of the molecule is COCCC1(C(=O)NS(=O)(=O)c2cccc(F)c2C#N)CC1. The van der Waals surface area contributed by atoms with Gasteiger partial charge in [0.15, 0.2) is 0 Å². The summed E-state index contributed by atoms with van der Waals surface area (Å²) in [5, 5.41) is 8.90. The third kappa shape index (κ3) is 3.10. The van der Waals surface area contributed by atoms with Crippen molar-refractivity contribution in [2.75, 3.05) is 13.7 Å². The largest absolute Gasteiger partial charge is 0.385 e. The van der Waals surface area contributed by atoms with Gasteiger partial charge in [-0.25, -0.2) is 17.5 Å². The van der Waals surface area contributed by atoms with Crippen LogP contribution in [0, 0.1) is 22.6 Å². The fraction of sp³-hybridized carbons (Fsp3) is 0.429. The van der Waals surface area contributed by atoms with Crippen LogP contribution in [0.1, 0.15) is 24.8 Å². The molecule has 0 aromatic heterocycles. The Kier molecular flexibility index (Phi) is 4.49. The van der Waals surface area contributed by atoms with Gasteiger partial charge in [-0.1, -0.05) is 6.07 Å². The maximum absolute atomic E-state index is 13.5. The molecule has 8 heteroatoms. The number of carbonyl (C=O) groups is 1. The van der Waals surface area contributed by atoms with Crippen LogP contribution in [0.3, 0.4) is 0 Å². The van der Waals surface area contributed by atoms with E-state index in [0.29, 0.717) is 25.9 Å². The highest BCUT2D eigenvalue weighted by molar-refractivity contribution is 7.90. The predicted molar refractivity (Wildman–Crippen MR) is 74.6 cm³/mol. The van der Waals surface area contributed by atoms with Gasteiger partial charge in [-0.15, -0.1) is 0 Å². The quantitative estimate of drug-likeness (QED) is 0.850. The second kappa shape index (κ2) is 6.02. The van der Waals surface area contributed by atoms with Crippen molar-refractivity contribution in [1.29, 1.82) is 5.26 Å². The van der Waals surface area contributed by atoms with E-state index in [-0.39, 0.29) is 0 Å². The molecular weight excluding hydrogens is 311 g/mol. The van der Waals surface area contributed by atoms with Gasteiger partial charge in [0, 0.05) is 13.7 Å². The molecule has 0 heterocycles. The first-order valence-corrected chi connectivity index (χ1v) is 8.09. The molecule has 0 aliphatic heterocycles. The highest BCUT2D eigenvalue weighted by Gasteiger charge is 2.50. The first-order valence-electron chi connectivity index (χ1n) is 6.61. The van der Waals surface area contributed by atoms with Crippen molar-refractivity contribution in [3.63, 3.8) is 0 Å². The Bertz CT molecular complexity index is 736. The van der Waals surface area contributed by atoms with Crippen LogP contribution >= 0.6 is 0 Å². The molecule has 1 aromatic carbocycles. The van der Waals surface area contributed by atoms with Gasteiger partial charge in [-0.3, -0.25) is 4.79 Å². The maximum Gasteiger partial charge on any atom is 0.265 e. The fourth-order valence-corrected chi connectivity index (χ4v) is 3.40. The number of nitrogens with zero attached hydrogens (tertiary/aromatic N) is 1. The molecule has 0 radical (unpaired) electrons. The third-order valence-corrected chi connectivity index (χ3v) is 5.10. The predicted octanol–water partition coefficient (Wildman–Crippen LogP) is 1.32. The molecule has 6 nitrogen and oxygen atoms in total. The normalized spacial score (nSPS) is 15.9. The Labute approximate surface area is 127 Å². The number of carbonyl (C=O) groups excluding carboxylic acids is 1. The molecule has 1 aromatic rings. The first-order chi connectivity index (χ1) is 10.4. The van der Waals surface area contributed by atoms with E-state index >= 15 is 0 Å². The maximum atomic E-state index is 13.5. The zero-order chi connectivity index (χ0) is 16.4. The van der Waals surface area contributed by atoms with E-state index < -0.39 is 37.6 Å². The summed E-state index contributed by atoms with van der Waals surface area (Å²) in [5.74, 6) is -1.59. The van der Waals surface area contributed by atoms with Crippen molar-refractivity contribution in [2.45, 2.75) is 24.2 Å². The Hall–Kier alpha value is -1.98. The van der Waals surface area contributed by atoms with Crippen molar-refractivity contribution in [2.24, 2.45) is 5.41 Å². The summed E-state index contributed by atoms with van der Waals surface area (Å²) in [7, 11) is -2.80. The van der Waals surface area contributed by atoms with Gasteiger partial charge >= 0.3 is 0 Å². The number of nitrogens with one attached hydrogen (secondary N) is 1.